The second-order valence-electron chi connectivity index (χ2n) is 6.88. The minimum absolute atomic E-state index is 0.150. The molecule has 1 fully saturated rings. The summed E-state index contributed by atoms with van der Waals surface area (Å²) < 4.78 is -0.258. The van der Waals surface area contributed by atoms with Gasteiger partial charge < -0.3 is 10.0 Å². The summed E-state index contributed by atoms with van der Waals surface area (Å²) in [7, 11) is 0. The molecule has 5 nitrogen and oxygen atoms in total. The molecule has 7 heteroatoms. The van der Waals surface area contributed by atoms with Crippen molar-refractivity contribution in [3.63, 3.8) is 0 Å². The Labute approximate surface area is 161 Å². The van der Waals surface area contributed by atoms with Crippen LogP contribution in [0.2, 0.25) is 0 Å². The summed E-state index contributed by atoms with van der Waals surface area (Å²) in [5, 5.41) is 10.3. The number of carbonyl (C=O) groups excluding carboxylic acids is 2. The van der Waals surface area contributed by atoms with Gasteiger partial charge in [-0.15, -0.1) is 11.3 Å². The smallest absolute Gasteiger partial charge is 0.326 e. The van der Waals surface area contributed by atoms with Crippen LogP contribution < -0.4 is 0 Å². The van der Waals surface area contributed by atoms with Gasteiger partial charge in [0.1, 0.15) is 6.04 Å². The minimum Gasteiger partial charge on any atom is -0.480 e. The summed E-state index contributed by atoms with van der Waals surface area (Å²) in [5.41, 5.74) is 0. The Hall–Kier alpha value is -1.86. The monoisotopic (exact) mass is 391 g/mol. The van der Waals surface area contributed by atoms with Crippen molar-refractivity contribution in [3.8, 4) is 0 Å². The van der Waals surface area contributed by atoms with Crippen LogP contribution in [-0.2, 0) is 9.59 Å². The molecular formula is C19H21NO4S2. The molecule has 138 valence electrons. The summed E-state index contributed by atoms with van der Waals surface area (Å²) in [6.45, 7) is 3.67. The lowest BCUT2D eigenvalue weighted by Gasteiger charge is -2.34. The topological polar surface area (TPSA) is 74.7 Å². The van der Waals surface area contributed by atoms with Gasteiger partial charge in [-0.05, 0) is 37.3 Å². The van der Waals surface area contributed by atoms with Crippen molar-refractivity contribution in [2.75, 3.05) is 6.54 Å². The Balaban J connectivity index is 1.84. The fourth-order valence-electron chi connectivity index (χ4n) is 3.31. The summed E-state index contributed by atoms with van der Waals surface area (Å²) in [6, 6.07) is 8.73. The van der Waals surface area contributed by atoms with Crippen LogP contribution in [0, 0.1) is 5.92 Å². The van der Waals surface area contributed by atoms with E-state index in [1.807, 2.05) is 30.3 Å². The number of fused-ring (bicyclic) bond motifs is 1. The Morgan fingerprint density at radius 2 is 2.04 bits per heavy atom. The highest BCUT2D eigenvalue weighted by atomic mass is 32.1. The SMILES string of the molecule is CC(C(=O)c1cc2ccccc2s1)C(C)(S)C(=O)N1CCC[C@H]1C(=O)O. The first-order chi connectivity index (χ1) is 12.2. The number of carbonyl (C=O) groups is 3. The number of carboxylic acid groups (broad SMARTS) is 1. The van der Waals surface area contributed by atoms with Crippen LogP contribution in [0.5, 0.6) is 0 Å². The Bertz CT molecular complexity index is 840. The second-order valence-corrected chi connectivity index (χ2v) is 8.89. The highest BCUT2D eigenvalue weighted by Gasteiger charge is 2.46. The van der Waals surface area contributed by atoms with Crippen LogP contribution in [-0.4, -0.2) is 45.0 Å². The van der Waals surface area contributed by atoms with Gasteiger partial charge in [0, 0.05) is 17.2 Å². The highest BCUT2D eigenvalue weighted by Crippen LogP contribution is 2.35. The number of carboxylic acids is 1. The number of thiol groups is 1. The van der Waals surface area contributed by atoms with E-state index >= 15 is 0 Å². The van der Waals surface area contributed by atoms with Gasteiger partial charge in [-0.25, -0.2) is 4.79 Å². The van der Waals surface area contributed by atoms with Gasteiger partial charge in [0.2, 0.25) is 5.91 Å². The predicted molar refractivity (Wildman–Crippen MR) is 105 cm³/mol. The van der Waals surface area contributed by atoms with Crippen LogP contribution in [0.4, 0.5) is 0 Å². The number of hydrogen-bond donors (Lipinski definition) is 2. The number of rotatable bonds is 5. The van der Waals surface area contributed by atoms with Crippen molar-refractivity contribution < 1.29 is 19.5 Å². The van der Waals surface area contributed by atoms with Crippen molar-refractivity contribution in [3.05, 3.63) is 35.2 Å². The van der Waals surface area contributed by atoms with Crippen molar-refractivity contribution in [1.29, 1.82) is 0 Å². The van der Waals surface area contributed by atoms with Crippen LogP contribution >= 0.6 is 24.0 Å². The third kappa shape index (κ3) is 3.25. The van der Waals surface area contributed by atoms with E-state index in [0.717, 1.165) is 10.1 Å². The third-order valence-electron chi connectivity index (χ3n) is 5.14. The summed E-state index contributed by atoms with van der Waals surface area (Å²) in [5.74, 6) is -2.24. The average molecular weight is 392 g/mol. The van der Waals surface area contributed by atoms with E-state index in [-0.39, 0.29) is 5.78 Å². The summed E-state index contributed by atoms with van der Waals surface area (Å²) in [4.78, 5) is 39.3. The zero-order valence-corrected chi connectivity index (χ0v) is 16.3. The minimum atomic E-state index is -1.27. The molecule has 1 aliphatic heterocycles. The van der Waals surface area contributed by atoms with Gasteiger partial charge in [0.25, 0.3) is 0 Å². The van der Waals surface area contributed by atoms with Crippen LogP contribution in [0.3, 0.4) is 0 Å². The first-order valence-electron chi connectivity index (χ1n) is 8.52. The lowest BCUT2D eigenvalue weighted by molar-refractivity contribution is -0.149. The maximum atomic E-state index is 13.0. The molecule has 0 saturated carbocycles. The molecule has 2 unspecified atom stereocenters. The molecule has 2 heterocycles. The van der Waals surface area contributed by atoms with Gasteiger partial charge in [-0.1, -0.05) is 25.1 Å². The number of Topliss-reactive ketones (excluding diaryl/α,β-unsaturated/α-hetero) is 1. The molecule has 3 rings (SSSR count). The predicted octanol–water partition coefficient (Wildman–Crippen LogP) is 3.48. The largest absolute Gasteiger partial charge is 0.480 e. The molecule has 1 aromatic heterocycles. The maximum Gasteiger partial charge on any atom is 0.326 e. The fraction of sp³-hybridized carbons (Fsp3) is 0.421. The Kier molecular flexibility index (Phi) is 5.12. The lowest BCUT2D eigenvalue weighted by atomic mass is 9.88. The molecule has 1 saturated heterocycles. The first-order valence-corrected chi connectivity index (χ1v) is 9.79. The molecule has 0 radical (unpaired) electrons. The van der Waals surface area contributed by atoms with Crippen molar-refractivity contribution in [1.82, 2.24) is 4.90 Å². The van der Waals surface area contributed by atoms with E-state index in [4.69, 9.17) is 0 Å². The van der Waals surface area contributed by atoms with E-state index < -0.39 is 28.6 Å². The molecule has 1 aromatic carbocycles. The van der Waals surface area contributed by atoms with E-state index in [2.05, 4.69) is 12.6 Å². The first kappa shape index (κ1) is 18.9. The number of ketones is 1. The molecule has 0 spiro atoms. The molecular weight excluding hydrogens is 370 g/mol. The van der Waals surface area contributed by atoms with Gasteiger partial charge in [-0.2, -0.15) is 12.6 Å². The van der Waals surface area contributed by atoms with Gasteiger partial charge in [0.15, 0.2) is 5.78 Å². The molecule has 0 bridgehead atoms. The molecule has 2 aromatic rings. The molecule has 26 heavy (non-hydrogen) atoms. The number of thiophene rings is 1. The normalized spacial score (nSPS) is 20.7. The molecule has 1 aliphatic rings. The van der Waals surface area contributed by atoms with E-state index in [1.165, 1.54) is 16.2 Å². The zero-order valence-electron chi connectivity index (χ0n) is 14.6. The zero-order chi connectivity index (χ0) is 19.1. The Morgan fingerprint density at radius 1 is 1.35 bits per heavy atom. The second kappa shape index (κ2) is 7.04. The third-order valence-corrected chi connectivity index (χ3v) is 6.85. The maximum absolute atomic E-state index is 13.0. The standard InChI is InChI=1S/C19H21NO4S2/c1-11(16(21)15-10-12-6-3-4-8-14(12)26-15)19(2,25)18(24)20-9-5-7-13(20)17(22)23/h3-4,6,8,10-11,13,25H,5,7,9H2,1-2H3,(H,22,23)/t11?,13-,19?/m0/s1. The van der Waals surface area contributed by atoms with E-state index in [1.54, 1.807) is 13.8 Å². The van der Waals surface area contributed by atoms with Gasteiger partial charge in [-0.3, -0.25) is 9.59 Å². The fourth-order valence-corrected chi connectivity index (χ4v) is 4.65. The van der Waals surface area contributed by atoms with Crippen LogP contribution in [0.15, 0.2) is 30.3 Å². The van der Waals surface area contributed by atoms with Crippen molar-refractivity contribution in [2.45, 2.75) is 37.5 Å². The summed E-state index contributed by atoms with van der Waals surface area (Å²) in [6.07, 6.45) is 1.08. The number of amides is 1. The van der Waals surface area contributed by atoms with Crippen molar-refractivity contribution >= 4 is 51.7 Å². The number of likely N-dealkylation sites (tertiary alicyclic amines) is 1. The number of nitrogens with zero attached hydrogens (tertiary/aromatic N) is 1. The quantitative estimate of drug-likeness (QED) is 0.604. The number of hydrogen-bond acceptors (Lipinski definition) is 5. The number of benzene rings is 1. The van der Waals surface area contributed by atoms with E-state index in [0.29, 0.717) is 24.3 Å². The Morgan fingerprint density at radius 3 is 2.69 bits per heavy atom. The van der Waals surface area contributed by atoms with Gasteiger partial charge >= 0.3 is 5.97 Å². The lowest BCUT2D eigenvalue weighted by Crippen LogP contribution is -2.52. The molecule has 1 N–H and O–H groups in total. The van der Waals surface area contributed by atoms with Crippen molar-refractivity contribution in [2.24, 2.45) is 5.92 Å². The summed E-state index contributed by atoms with van der Waals surface area (Å²) >= 11 is 5.91. The molecule has 3 atom stereocenters. The number of aliphatic carboxylic acids is 1. The highest BCUT2D eigenvalue weighted by molar-refractivity contribution is 7.82. The average Bonchev–Trinajstić information content (AvgIpc) is 3.26. The molecule has 0 aliphatic carbocycles. The van der Waals surface area contributed by atoms with Crippen LogP contribution in [0.1, 0.15) is 36.4 Å². The molecule has 1 amide bonds. The van der Waals surface area contributed by atoms with Gasteiger partial charge in [0.05, 0.1) is 9.62 Å². The van der Waals surface area contributed by atoms with Crippen LogP contribution in [0.25, 0.3) is 10.1 Å². The van der Waals surface area contributed by atoms with E-state index in [9.17, 15) is 19.5 Å².